The van der Waals surface area contributed by atoms with E-state index in [0.717, 1.165) is 0 Å². The van der Waals surface area contributed by atoms with E-state index >= 15 is 0 Å². The fourth-order valence-electron chi connectivity index (χ4n) is 2.11. The Balaban J connectivity index is 1.99. The molecule has 1 aliphatic carbocycles. The van der Waals surface area contributed by atoms with E-state index in [0.29, 0.717) is 6.42 Å². The van der Waals surface area contributed by atoms with Gasteiger partial charge in [0.1, 0.15) is 0 Å². The maximum atomic E-state index is 13.3. The summed E-state index contributed by atoms with van der Waals surface area (Å²) in [7, 11) is -4.06. The first-order chi connectivity index (χ1) is 8.81. The van der Waals surface area contributed by atoms with E-state index in [9.17, 15) is 22.0 Å². The van der Waals surface area contributed by atoms with Crippen molar-refractivity contribution >= 4 is 15.9 Å². The number of H-pyrrole nitrogens is 1. The van der Waals surface area contributed by atoms with Crippen LogP contribution in [0.3, 0.4) is 0 Å². The first-order valence-corrected chi connectivity index (χ1v) is 7.22. The van der Waals surface area contributed by atoms with Gasteiger partial charge in [-0.3, -0.25) is 9.89 Å². The summed E-state index contributed by atoms with van der Waals surface area (Å²) in [4.78, 5) is 11.5. The minimum Gasteiger partial charge on any atom is -0.274 e. The number of nitrogens with zero attached hydrogens (tertiary/aromatic N) is 1. The van der Waals surface area contributed by atoms with Gasteiger partial charge in [0.25, 0.3) is 15.9 Å². The lowest BCUT2D eigenvalue weighted by Crippen LogP contribution is -2.34. The van der Waals surface area contributed by atoms with Gasteiger partial charge in [-0.15, -0.1) is 0 Å². The Kier molecular flexibility index (Phi) is 3.57. The number of carbonyl (C=O) groups excluding carboxylic acids is 1. The van der Waals surface area contributed by atoms with E-state index in [1.54, 1.807) is 4.72 Å². The molecule has 0 radical (unpaired) electrons. The van der Waals surface area contributed by atoms with Crippen LogP contribution in [0.4, 0.5) is 8.78 Å². The van der Waals surface area contributed by atoms with Crippen LogP contribution >= 0.6 is 0 Å². The average molecular weight is 293 g/mol. The normalized spacial score (nSPS) is 22.3. The van der Waals surface area contributed by atoms with Crippen LogP contribution in [-0.4, -0.2) is 30.4 Å². The van der Waals surface area contributed by atoms with Gasteiger partial charge in [-0.2, -0.15) is 13.5 Å². The minimum atomic E-state index is -4.06. The van der Waals surface area contributed by atoms with Crippen LogP contribution in [0.25, 0.3) is 0 Å². The van der Waals surface area contributed by atoms with E-state index in [4.69, 9.17) is 0 Å². The molecule has 2 N–H and O–H groups in total. The van der Waals surface area contributed by atoms with Crippen LogP contribution in [0.1, 0.15) is 25.7 Å². The summed E-state index contributed by atoms with van der Waals surface area (Å²) < 4.78 is 51.7. The zero-order valence-electron chi connectivity index (χ0n) is 9.90. The van der Waals surface area contributed by atoms with Crippen LogP contribution in [0, 0.1) is 5.92 Å². The number of aromatic amines is 1. The smallest absolute Gasteiger partial charge is 0.274 e. The maximum Gasteiger partial charge on any atom is 0.280 e. The molecule has 1 saturated carbocycles. The Bertz CT molecular complexity index is 557. The molecule has 0 aromatic carbocycles. The molecular weight excluding hydrogens is 280 g/mol. The molecule has 9 heteroatoms. The van der Waals surface area contributed by atoms with E-state index in [-0.39, 0.29) is 17.9 Å². The van der Waals surface area contributed by atoms with Gasteiger partial charge in [-0.05, 0) is 18.9 Å². The predicted octanol–water partition coefficient (Wildman–Crippen LogP) is 1.04. The summed E-state index contributed by atoms with van der Waals surface area (Å²) in [6.07, 6.45) is 1.03. The lowest BCUT2D eigenvalue weighted by atomic mass is 10.0. The molecule has 1 amide bonds. The summed E-state index contributed by atoms with van der Waals surface area (Å²) in [5.41, 5.74) is 0. The average Bonchev–Trinajstić information content (AvgIpc) is 2.88. The standard InChI is InChI=1S/C10H13F2N3O3S/c11-10(12)4-1-2-7(10)6-8(16)15-19(17,18)9-3-5-13-14-9/h3,5,7H,1-2,4,6H2,(H,13,14)(H,15,16). The Morgan fingerprint density at radius 2 is 2.32 bits per heavy atom. The number of halogens is 2. The number of alkyl halides is 2. The third-order valence-corrected chi connectivity index (χ3v) is 4.41. The lowest BCUT2D eigenvalue weighted by molar-refractivity contribution is -0.124. The third kappa shape index (κ3) is 3.09. The highest BCUT2D eigenvalue weighted by atomic mass is 32.2. The molecule has 0 spiro atoms. The first kappa shape index (κ1) is 13.9. The molecule has 1 unspecified atom stereocenters. The zero-order chi connectivity index (χ0) is 14.1. The van der Waals surface area contributed by atoms with Gasteiger partial charge in [-0.25, -0.2) is 13.5 Å². The van der Waals surface area contributed by atoms with E-state index in [2.05, 4.69) is 10.2 Å². The number of hydrogen-bond donors (Lipinski definition) is 2. The number of rotatable bonds is 4. The Morgan fingerprint density at radius 3 is 2.84 bits per heavy atom. The Labute approximate surface area is 108 Å². The van der Waals surface area contributed by atoms with Crippen molar-refractivity contribution in [1.82, 2.24) is 14.9 Å². The molecule has 1 fully saturated rings. The van der Waals surface area contributed by atoms with E-state index < -0.39 is 34.2 Å². The molecule has 6 nitrogen and oxygen atoms in total. The molecule has 1 aromatic rings. The number of nitrogens with one attached hydrogen (secondary N) is 2. The number of sulfonamides is 1. The van der Waals surface area contributed by atoms with Gasteiger partial charge in [0.05, 0.1) is 6.20 Å². The van der Waals surface area contributed by atoms with Crippen LogP contribution < -0.4 is 4.72 Å². The second-order valence-electron chi connectivity index (χ2n) is 4.50. The fourth-order valence-corrected chi connectivity index (χ4v) is 3.02. The van der Waals surface area contributed by atoms with E-state index in [1.165, 1.54) is 12.3 Å². The topological polar surface area (TPSA) is 91.9 Å². The lowest BCUT2D eigenvalue weighted by Gasteiger charge is -2.18. The summed E-state index contributed by atoms with van der Waals surface area (Å²) in [6.45, 7) is 0. The SMILES string of the molecule is O=C(CC1CCCC1(F)F)NS(=O)(=O)c1ccn[nH]1. The molecule has 1 heterocycles. The van der Waals surface area contributed by atoms with Gasteiger partial charge in [0.15, 0.2) is 5.03 Å². The largest absolute Gasteiger partial charge is 0.280 e. The number of aromatic nitrogens is 2. The van der Waals surface area contributed by atoms with Crippen molar-refractivity contribution in [1.29, 1.82) is 0 Å². The van der Waals surface area contributed by atoms with Crippen LogP contribution in [0.5, 0.6) is 0 Å². The fraction of sp³-hybridized carbons (Fsp3) is 0.600. The van der Waals surface area contributed by atoms with Crippen LogP contribution in [-0.2, 0) is 14.8 Å². The molecule has 1 aliphatic rings. The van der Waals surface area contributed by atoms with Crippen molar-refractivity contribution in [3.8, 4) is 0 Å². The van der Waals surface area contributed by atoms with Gasteiger partial charge < -0.3 is 0 Å². The molecule has 106 valence electrons. The predicted molar refractivity (Wildman–Crippen MR) is 60.8 cm³/mol. The Morgan fingerprint density at radius 1 is 1.58 bits per heavy atom. The second-order valence-corrected chi connectivity index (χ2v) is 6.15. The highest BCUT2D eigenvalue weighted by molar-refractivity contribution is 7.90. The molecule has 2 rings (SSSR count). The van der Waals surface area contributed by atoms with Crippen molar-refractivity contribution in [2.24, 2.45) is 5.92 Å². The first-order valence-electron chi connectivity index (χ1n) is 5.74. The highest BCUT2D eigenvalue weighted by Gasteiger charge is 2.44. The Hall–Kier alpha value is -1.51. The van der Waals surface area contributed by atoms with E-state index in [1.807, 2.05) is 0 Å². The molecule has 1 aromatic heterocycles. The van der Waals surface area contributed by atoms with Crippen molar-refractivity contribution in [3.63, 3.8) is 0 Å². The number of hydrogen-bond acceptors (Lipinski definition) is 4. The summed E-state index contributed by atoms with van der Waals surface area (Å²) >= 11 is 0. The van der Waals surface area contributed by atoms with Gasteiger partial charge in [0.2, 0.25) is 5.91 Å². The number of carbonyl (C=O) groups is 1. The quantitative estimate of drug-likeness (QED) is 0.867. The maximum absolute atomic E-state index is 13.3. The third-order valence-electron chi connectivity index (χ3n) is 3.10. The van der Waals surface area contributed by atoms with Crippen LogP contribution in [0.2, 0.25) is 0 Å². The second kappa shape index (κ2) is 4.87. The highest BCUT2D eigenvalue weighted by Crippen LogP contribution is 2.42. The summed E-state index contributed by atoms with van der Waals surface area (Å²) in [5, 5.41) is 5.36. The monoisotopic (exact) mass is 293 g/mol. The van der Waals surface area contributed by atoms with Crippen molar-refractivity contribution < 1.29 is 22.0 Å². The molecule has 0 saturated heterocycles. The molecule has 0 bridgehead atoms. The van der Waals surface area contributed by atoms with Gasteiger partial charge in [-0.1, -0.05) is 0 Å². The van der Waals surface area contributed by atoms with Gasteiger partial charge >= 0.3 is 0 Å². The molecule has 1 atom stereocenters. The zero-order valence-corrected chi connectivity index (χ0v) is 10.7. The summed E-state index contributed by atoms with van der Waals surface area (Å²) in [5.74, 6) is -4.92. The van der Waals surface area contributed by atoms with Crippen molar-refractivity contribution in [3.05, 3.63) is 12.3 Å². The van der Waals surface area contributed by atoms with Crippen LogP contribution in [0.15, 0.2) is 17.3 Å². The number of amides is 1. The van der Waals surface area contributed by atoms with Crippen molar-refractivity contribution in [2.75, 3.05) is 0 Å². The molecular formula is C10H13F2N3O3S. The minimum absolute atomic E-state index is 0.227. The molecule has 19 heavy (non-hydrogen) atoms. The molecule has 0 aliphatic heterocycles. The van der Waals surface area contributed by atoms with Crippen molar-refractivity contribution in [2.45, 2.75) is 36.6 Å². The van der Waals surface area contributed by atoms with Gasteiger partial charge in [0, 0.05) is 18.8 Å². The summed E-state index contributed by atoms with van der Waals surface area (Å²) in [6, 6.07) is 1.17.